The second-order valence-electron chi connectivity index (χ2n) is 10.8. The number of carbonyl (C=O) groups excluding carboxylic acids is 7. The van der Waals surface area contributed by atoms with E-state index in [0.717, 1.165) is 16.0 Å². The third kappa shape index (κ3) is 11.7. The Morgan fingerprint density at radius 2 is 1.24 bits per heavy atom. The molecule has 5 N–H and O–H groups in total. The van der Waals surface area contributed by atoms with Gasteiger partial charge in [-0.25, -0.2) is 4.90 Å². The molecule has 1 aliphatic rings. The van der Waals surface area contributed by atoms with Crippen LogP contribution in [0.15, 0.2) is 66.7 Å². The van der Waals surface area contributed by atoms with E-state index < -0.39 is 42.1 Å². The molecule has 2 aromatic rings. The number of aryl methyl sites for hydroxylation is 1. The standard InChI is InChI=1S/C32H38N6O7/c1-21(2)17-33-28(41)19-36-32(45)25(16-23-6-4-3-5-7-23)37-29(42)20-35-27(40)18-34-26(39)13-10-22-8-11-24(12-9-22)38-30(43)14-15-31(38)44/h3-9,11-12,14-15,21,25H,10,13,16-20H2,1-2H3,(H,33,41)(H,34,39)(H,35,40)(H,36,45)(H,37,42). The van der Waals surface area contributed by atoms with Gasteiger partial charge in [-0.05, 0) is 35.6 Å². The molecule has 1 heterocycles. The summed E-state index contributed by atoms with van der Waals surface area (Å²) in [6.45, 7) is 3.35. The molecule has 3 rings (SSSR count). The van der Waals surface area contributed by atoms with E-state index in [-0.39, 0.29) is 43.7 Å². The van der Waals surface area contributed by atoms with Crippen molar-refractivity contribution in [1.29, 1.82) is 0 Å². The molecule has 1 unspecified atom stereocenters. The van der Waals surface area contributed by atoms with Crippen molar-refractivity contribution < 1.29 is 33.6 Å². The predicted octanol–water partition coefficient (Wildman–Crippen LogP) is -0.103. The normalized spacial score (nSPS) is 12.9. The van der Waals surface area contributed by atoms with E-state index in [9.17, 15) is 33.6 Å². The van der Waals surface area contributed by atoms with Crippen molar-refractivity contribution in [2.24, 2.45) is 5.92 Å². The summed E-state index contributed by atoms with van der Waals surface area (Å²) >= 11 is 0. The fourth-order valence-corrected chi connectivity index (χ4v) is 4.21. The second kappa shape index (κ2) is 17.1. The van der Waals surface area contributed by atoms with Crippen molar-refractivity contribution in [2.75, 3.05) is 31.1 Å². The van der Waals surface area contributed by atoms with Crippen molar-refractivity contribution >= 4 is 47.0 Å². The van der Waals surface area contributed by atoms with Crippen molar-refractivity contribution in [3.63, 3.8) is 0 Å². The van der Waals surface area contributed by atoms with Crippen LogP contribution >= 0.6 is 0 Å². The van der Waals surface area contributed by atoms with E-state index in [1.54, 1.807) is 48.5 Å². The number of rotatable bonds is 16. The number of anilines is 1. The van der Waals surface area contributed by atoms with E-state index in [4.69, 9.17) is 0 Å². The molecule has 13 heteroatoms. The molecule has 0 saturated heterocycles. The van der Waals surface area contributed by atoms with Crippen LogP contribution in [0.4, 0.5) is 5.69 Å². The fraction of sp³-hybridized carbons (Fsp3) is 0.344. The smallest absolute Gasteiger partial charge is 0.258 e. The summed E-state index contributed by atoms with van der Waals surface area (Å²) in [5.41, 5.74) is 2.02. The maximum Gasteiger partial charge on any atom is 0.258 e. The second-order valence-corrected chi connectivity index (χ2v) is 10.8. The van der Waals surface area contributed by atoms with Crippen molar-refractivity contribution in [3.05, 3.63) is 77.9 Å². The highest BCUT2D eigenvalue weighted by molar-refractivity contribution is 6.28. The fourth-order valence-electron chi connectivity index (χ4n) is 4.21. The number of nitrogens with one attached hydrogen (secondary N) is 5. The molecule has 0 radical (unpaired) electrons. The average molecular weight is 619 g/mol. The highest BCUT2D eigenvalue weighted by Gasteiger charge is 2.25. The lowest BCUT2D eigenvalue weighted by molar-refractivity contribution is -0.131. The molecule has 0 saturated carbocycles. The molecule has 0 fully saturated rings. The molecule has 2 aromatic carbocycles. The van der Waals surface area contributed by atoms with Gasteiger partial charge in [-0.1, -0.05) is 56.3 Å². The van der Waals surface area contributed by atoms with Gasteiger partial charge in [0.15, 0.2) is 0 Å². The molecule has 7 amide bonds. The Kier molecular flexibility index (Phi) is 13.0. The van der Waals surface area contributed by atoms with Gasteiger partial charge in [0.1, 0.15) is 6.04 Å². The number of benzene rings is 2. The van der Waals surface area contributed by atoms with Crippen LogP contribution in [-0.4, -0.2) is 73.6 Å². The van der Waals surface area contributed by atoms with E-state index >= 15 is 0 Å². The van der Waals surface area contributed by atoms with Crippen LogP contribution in [0.25, 0.3) is 0 Å². The van der Waals surface area contributed by atoms with E-state index in [2.05, 4.69) is 26.6 Å². The van der Waals surface area contributed by atoms with Crippen LogP contribution in [-0.2, 0) is 46.4 Å². The van der Waals surface area contributed by atoms with Gasteiger partial charge in [0.2, 0.25) is 29.5 Å². The minimum Gasteiger partial charge on any atom is -0.354 e. The Balaban J connectivity index is 1.40. The monoisotopic (exact) mass is 618 g/mol. The SMILES string of the molecule is CC(C)CNC(=O)CNC(=O)C(Cc1ccccc1)NC(=O)CNC(=O)CNC(=O)CCc1ccc(N2C(=O)C=CC2=O)cc1. The van der Waals surface area contributed by atoms with E-state index in [1.807, 2.05) is 19.9 Å². The van der Waals surface area contributed by atoms with Gasteiger partial charge in [-0.2, -0.15) is 0 Å². The quantitative estimate of drug-likeness (QED) is 0.163. The summed E-state index contributed by atoms with van der Waals surface area (Å²) in [4.78, 5) is 86.6. The Morgan fingerprint density at radius 3 is 1.89 bits per heavy atom. The molecule has 0 spiro atoms. The van der Waals surface area contributed by atoms with Gasteiger partial charge >= 0.3 is 0 Å². The number of imide groups is 1. The maximum absolute atomic E-state index is 12.8. The topological polar surface area (TPSA) is 183 Å². The first-order valence-corrected chi connectivity index (χ1v) is 14.6. The number of hydrogen-bond donors (Lipinski definition) is 5. The lowest BCUT2D eigenvalue weighted by atomic mass is 10.1. The lowest BCUT2D eigenvalue weighted by Crippen LogP contribution is -2.52. The van der Waals surface area contributed by atoms with Gasteiger partial charge in [0.05, 0.1) is 25.3 Å². The van der Waals surface area contributed by atoms with Gasteiger partial charge < -0.3 is 26.6 Å². The average Bonchev–Trinajstić information content (AvgIpc) is 3.37. The largest absolute Gasteiger partial charge is 0.354 e. The molecule has 0 aromatic heterocycles. The van der Waals surface area contributed by atoms with Gasteiger partial charge in [0, 0.05) is 31.5 Å². The van der Waals surface area contributed by atoms with Crippen LogP contribution in [0.3, 0.4) is 0 Å². The van der Waals surface area contributed by atoms with Gasteiger partial charge in [-0.3, -0.25) is 33.6 Å². The molecule has 45 heavy (non-hydrogen) atoms. The molecule has 13 nitrogen and oxygen atoms in total. The minimum atomic E-state index is -0.989. The van der Waals surface area contributed by atoms with Gasteiger partial charge in [-0.15, -0.1) is 0 Å². The highest BCUT2D eigenvalue weighted by Crippen LogP contribution is 2.20. The van der Waals surface area contributed by atoms with Crippen LogP contribution in [0.1, 0.15) is 31.4 Å². The van der Waals surface area contributed by atoms with Crippen LogP contribution in [0.2, 0.25) is 0 Å². The lowest BCUT2D eigenvalue weighted by Gasteiger charge is -2.19. The Labute approximate surface area is 261 Å². The minimum absolute atomic E-state index is 0.0853. The molecule has 1 atom stereocenters. The predicted molar refractivity (Wildman–Crippen MR) is 165 cm³/mol. The molecular formula is C32H38N6O7. The third-order valence-corrected chi connectivity index (χ3v) is 6.60. The first-order chi connectivity index (χ1) is 21.5. The molecular weight excluding hydrogens is 580 g/mol. The van der Waals surface area contributed by atoms with Gasteiger partial charge in [0.25, 0.3) is 11.8 Å². The third-order valence-electron chi connectivity index (χ3n) is 6.60. The molecule has 0 aliphatic carbocycles. The van der Waals surface area contributed by atoms with Crippen molar-refractivity contribution in [1.82, 2.24) is 26.6 Å². The summed E-state index contributed by atoms with van der Waals surface area (Å²) in [5, 5.41) is 12.7. The molecule has 1 aliphatic heterocycles. The summed E-state index contributed by atoms with van der Waals surface area (Å²) < 4.78 is 0. The first-order valence-electron chi connectivity index (χ1n) is 14.6. The van der Waals surface area contributed by atoms with Crippen molar-refractivity contribution in [2.45, 2.75) is 39.2 Å². The summed E-state index contributed by atoms with van der Waals surface area (Å²) in [6.07, 6.45) is 3.02. The molecule has 238 valence electrons. The first kappa shape index (κ1) is 34.2. The van der Waals surface area contributed by atoms with E-state index in [0.29, 0.717) is 18.7 Å². The zero-order valence-electron chi connectivity index (χ0n) is 25.3. The highest BCUT2D eigenvalue weighted by atomic mass is 16.2. The maximum atomic E-state index is 12.8. The summed E-state index contributed by atoms with van der Waals surface area (Å²) in [7, 11) is 0. The number of amides is 7. The van der Waals surface area contributed by atoms with Crippen LogP contribution < -0.4 is 31.5 Å². The summed E-state index contributed by atoms with van der Waals surface area (Å²) in [5.74, 6) is -3.07. The van der Waals surface area contributed by atoms with E-state index in [1.165, 1.54) is 12.2 Å². The van der Waals surface area contributed by atoms with Crippen LogP contribution in [0.5, 0.6) is 0 Å². The number of hydrogen-bond acceptors (Lipinski definition) is 7. The number of nitrogens with zero attached hydrogens (tertiary/aromatic N) is 1. The zero-order chi connectivity index (χ0) is 32.8. The Morgan fingerprint density at radius 1 is 0.667 bits per heavy atom. The van der Waals surface area contributed by atoms with Crippen molar-refractivity contribution in [3.8, 4) is 0 Å². The zero-order valence-corrected chi connectivity index (χ0v) is 25.3. The Bertz CT molecular complexity index is 1410. The summed E-state index contributed by atoms with van der Waals surface area (Å²) in [6, 6.07) is 14.7. The Hall–Kier alpha value is -5.33. The van der Waals surface area contributed by atoms with Crippen LogP contribution in [0, 0.1) is 5.92 Å². The number of carbonyl (C=O) groups is 7. The molecule has 0 bridgehead atoms.